The molecule has 2 N–H and O–H groups in total. The lowest BCUT2D eigenvalue weighted by molar-refractivity contribution is 0.0540. The van der Waals surface area contributed by atoms with Crippen molar-refractivity contribution in [3.8, 4) is 0 Å². The van der Waals surface area contributed by atoms with Crippen LogP contribution in [-0.2, 0) is 0 Å². The standard InChI is InChI=1S/C18H21N3S/c1-2-4-15-13(3-1)9-17(22-15)19-16-11-18(21-20-16)10-12-5-7-14(18)8-6-12/h1-4,9,12,14,21H,5-8,10-11H2,(H,19,20). The summed E-state index contributed by atoms with van der Waals surface area (Å²) in [7, 11) is 0. The fraction of sp³-hybridized carbons (Fsp3) is 0.500. The third-order valence-corrected chi connectivity index (χ3v) is 6.90. The van der Waals surface area contributed by atoms with Crippen LogP contribution in [0.2, 0.25) is 0 Å². The molecule has 22 heavy (non-hydrogen) atoms. The fourth-order valence-corrected chi connectivity index (χ4v) is 5.75. The van der Waals surface area contributed by atoms with Gasteiger partial charge in [0.2, 0.25) is 0 Å². The second-order valence-corrected chi connectivity index (χ2v) is 8.28. The molecule has 3 nitrogen and oxygen atoms in total. The first kappa shape index (κ1) is 12.9. The second-order valence-electron chi connectivity index (χ2n) is 7.20. The van der Waals surface area contributed by atoms with Crippen molar-refractivity contribution in [2.45, 2.75) is 44.1 Å². The zero-order chi connectivity index (χ0) is 14.6. The molecule has 0 saturated heterocycles. The molecule has 4 aliphatic rings. The number of hydrogen-bond acceptors (Lipinski definition) is 4. The van der Waals surface area contributed by atoms with E-state index < -0.39 is 0 Å². The first-order valence-corrected chi connectivity index (χ1v) is 9.22. The molecule has 1 aromatic heterocycles. The van der Waals surface area contributed by atoms with Crippen molar-refractivity contribution in [3.63, 3.8) is 0 Å². The number of anilines is 1. The Balaban J connectivity index is 1.35. The molecule has 2 heterocycles. The molecule has 3 aliphatic carbocycles. The Hall–Kier alpha value is -1.55. The van der Waals surface area contributed by atoms with Gasteiger partial charge in [-0.25, -0.2) is 0 Å². The number of hydrogen-bond donors (Lipinski definition) is 2. The summed E-state index contributed by atoms with van der Waals surface area (Å²) in [5.74, 6) is 2.87. The predicted molar refractivity (Wildman–Crippen MR) is 93.4 cm³/mol. The number of nitrogens with one attached hydrogen (secondary N) is 2. The van der Waals surface area contributed by atoms with Gasteiger partial charge in [0.25, 0.3) is 0 Å². The molecule has 114 valence electrons. The Morgan fingerprint density at radius 2 is 2.05 bits per heavy atom. The van der Waals surface area contributed by atoms with Crippen molar-refractivity contribution in [2.24, 2.45) is 16.9 Å². The van der Waals surface area contributed by atoms with Crippen LogP contribution in [0, 0.1) is 11.8 Å². The first-order chi connectivity index (χ1) is 10.8. The second kappa shape index (κ2) is 4.72. The van der Waals surface area contributed by atoms with Gasteiger partial charge in [0.15, 0.2) is 0 Å². The normalized spacial score (nSPS) is 33.2. The minimum atomic E-state index is 0.264. The Bertz CT molecular complexity index is 709. The quantitative estimate of drug-likeness (QED) is 0.809. The summed E-state index contributed by atoms with van der Waals surface area (Å²) in [4.78, 5) is 0. The van der Waals surface area contributed by atoms with E-state index in [1.165, 1.54) is 47.2 Å². The first-order valence-electron chi connectivity index (χ1n) is 8.40. The van der Waals surface area contributed by atoms with Crippen molar-refractivity contribution < 1.29 is 0 Å². The topological polar surface area (TPSA) is 36.4 Å². The molecule has 3 saturated carbocycles. The lowest BCUT2D eigenvalue weighted by atomic mass is 9.59. The highest BCUT2D eigenvalue weighted by atomic mass is 32.1. The van der Waals surface area contributed by atoms with Crippen LogP contribution in [-0.4, -0.2) is 11.4 Å². The van der Waals surface area contributed by atoms with Crippen molar-refractivity contribution in [1.82, 2.24) is 5.43 Å². The summed E-state index contributed by atoms with van der Waals surface area (Å²) in [5.41, 5.74) is 3.80. The van der Waals surface area contributed by atoms with E-state index in [0.29, 0.717) is 0 Å². The summed E-state index contributed by atoms with van der Waals surface area (Å²) < 4.78 is 1.34. The van der Waals surface area contributed by atoms with Crippen molar-refractivity contribution in [2.75, 3.05) is 5.32 Å². The van der Waals surface area contributed by atoms with Crippen molar-refractivity contribution in [1.29, 1.82) is 0 Å². The summed E-state index contributed by atoms with van der Waals surface area (Å²) in [6.45, 7) is 0. The molecule has 0 radical (unpaired) electrons. The summed E-state index contributed by atoms with van der Waals surface area (Å²) in [6, 6.07) is 10.8. The van der Waals surface area contributed by atoms with Crippen LogP contribution in [0.3, 0.4) is 0 Å². The van der Waals surface area contributed by atoms with E-state index in [2.05, 4.69) is 46.2 Å². The van der Waals surface area contributed by atoms with Gasteiger partial charge in [-0.15, -0.1) is 11.3 Å². The van der Waals surface area contributed by atoms with Crippen LogP contribution in [0.25, 0.3) is 10.1 Å². The molecule has 1 unspecified atom stereocenters. The van der Waals surface area contributed by atoms with E-state index in [4.69, 9.17) is 0 Å². The molecule has 4 heteroatoms. The fourth-order valence-electron chi connectivity index (χ4n) is 4.77. The molecule has 3 fully saturated rings. The van der Waals surface area contributed by atoms with Crippen LogP contribution < -0.4 is 10.7 Å². The number of fused-ring (bicyclic) bond motifs is 3. The van der Waals surface area contributed by atoms with Crippen molar-refractivity contribution >= 4 is 32.3 Å². The van der Waals surface area contributed by atoms with Gasteiger partial charge >= 0.3 is 0 Å². The van der Waals surface area contributed by atoms with Crippen LogP contribution in [0.1, 0.15) is 38.5 Å². The lowest BCUT2D eigenvalue weighted by Gasteiger charge is -2.49. The maximum Gasteiger partial charge on any atom is 0.129 e. The van der Waals surface area contributed by atoms with E-state index >= 15 is 0 Å². The average Bonchev–Trinajstić information content (AvgIpc) is 3.12. The van der Waals surface area contributed by atoms with Gasteiger partial charge in [-0.05, 0) is 48.6 Å². The number of nitrogens with zero attached hydrogens (tertiary/aromatic N) is 1. The third kappa shape index (κ3) is 1.97. The Morgan fingerprint density at radius 3 is 2.82 bits per heavy atom. The largest absolute Gasteiger partial charge is 0.334 e. The molecular weight excluding hydrogens is 290 g/mol. The minimum Gasteiger partial charge on any atom is -0.334 e. The average molecular weight is 311 g/mol. The number of rotatable bonds is 1. The summed E-state index contributed by atoms with van der Waals surface area (Å²) >= 11 is 1.81. The maximum absolute atomic E-state index is 4.66. The smallest absolute Gasteiger partial charge is 0.129 e. The van der Waals surface area contributed by atoms with Gasteiger partial charge in [-0.1, -0.05) is 31.0 Å². The van der Waals surface area contributed by atoms with Crippen LogP contribution in [0.15, 0.2) is 35.4 Å². The van der Waals surface area contributed by atoms with Gasteiger partial charge in [-0.2, -0.15) is 5.10 Å². The number of amidine groups is 1. The van der Waals surface area contributed by atoms with Gasteiger partial charge in [0.1, 0.15) is 5.84 Å². The van der Waals surface area contributed by atoms with E-state index in [9.17, 15) is 0 Å². The molecule has 6 rings (SSSR count). The Kier molecular flexibility index (Phi) is 2.78. The van der Waals surface area contributed by atoms with Gasteiger partial charge in [0.05, 0.1) is 10.5 Å². The molecule has 1 atom stereocenters. The zero-order valence-electron chi connectivity index (χ0n) is 12.6. The van der Waals surface area contributed by atoms with Crippen LogP contribution in [0.4, 0.5) is 5.00 Å². The minimum absolute atomic E-state index is 0.264. The summed E-state index contributed by atoms with van der Waals surface area (Å²) in [6.07, 6.45) is 8.05. The summed E-state index contributed by atoms with van der Waals surface area (Å²) in [5, 5.41) is 10.7. The zero-order valence-corrected chi connectivity index (χ0v) is 13.5. The monoisotopic (exact) mass is 311 g/mol. The molecule has 1 aromatic carbocycles. The molecule has 2 aromatic rings. The van der Waals surface area contributed by atoms with E-state index in [1.54, 1.807) is 0 Å². The SMILES string of the molecule is c1ccc2sc(NC3=NNC4(C3)CC3CCC4CC3)cc2c1. The highest BCUT2D eigenvalue weighted by molar-refractivity contribution is 7.22. The molecule has 1 spiro atoms. The van der Waals surface area contributed by atoms with Crippen LogP contribution in [0.5, 0.6) is 0 Å². The molecule has 1 aliphatic heterocycles. The third-order valence-electron chi connectivity index (χ3n) is 5.87. The Labute approximate surface area is 134 Å². The number of hydrazone groups is 1. The Morgan fingerprint density at radius 1 is 1.18 bits per heavy atom. The van der Waals surface area contributed by atoms with Crippen LogP contribution >= 0.6 is 11.3 Å². The number of benzene rings is 1. The molecule has 0 amide bonds. The number of thiophene rings is 1. The van der Waals surface area contributed by atoms with Crippen molar-refractivity contribution in [3.05, 3.63) is 30.3 Å². The van der Waals surface area contributed by atoms with E-state index in [0.717, 1.165) is 24.1 Å². The lowest BCUT2D eigenvalue weighted by Crippen LogP contribution is -2.53. The maximum atomic E-state index is 4.66. The highest BCUT2D eigenvalue weighted by Crippen LogP contribution is 2.50. The van der Waals surface area contributed by atoms with E-state index in [1.807, 2.05) is 11.3 Å². The van der Waals surface area contributed by atoms with Gasteiger partial charge < -0.3 is 10.7 Å². The van der Waals surface area contributed by atoms with Gasteiger partial charge in [-0.3, -0.25) is 0 Å². The van der Waals surface area contributed by atoms with Gasteiger partial charge in [0, 0.05) is 11.1 Å². The van der Waals surface area contributed by atoms with E-state index in [-0.39, 0.29) is 5.54 Å². The predicted octanol–water partition coefficient (Wildman–Crippen LogP) is 4.57. The molecule has 2 bridgehead atoms. The highest BCUT2D eigenvalue weighted by Gasteiger charge is 2.50. The molecular formula is C18H21N3S.